The highest BCUT2D eigenvalue weighted by molar-refractivity contribution is 7.99. The number of carbonyl (C=O) groups is 2. The number of thioether (sulfide) groups is 1. The summed E-state index contributed by atoms with van der Waals surface area (Å²) in [5.74, 6) is -0.575. The topological polar surface area (TPSA) is 88.9 Å². The van der Waals surface area contributed by atoms with Crippen molar-refractivity contribution in [3.05, 3.63) is 63.9 Å². The van der Waals surface area contributed by atoms with Gasteiger partial charge in [-0.15, -0.1) is 10.2 Å². The minimum absolute atomic E-state index is 0.00568. The summed E-state index contributed by atoms with van der Waals surface area (Å²) >= 11 is 13.5. The molecule has 168 valence electrons. The van der Waals surface area contributed by atoms with Crippen molar-refractivity contribution in [2.75, 3.05) is 5.75 Å². The molecule has 0 saturated carbocycles. The molecule has 1 aromatic heterocycles. The summed E-state index contributed by atoms with van der Waals surface area (Å²) in [6.45, 7) is 4.73. The fraction of sp³-hybridized carbons (Fsp3) is 0.238. The predicted octanol–water partition coefficient (Wildman–Crippen LogP) is 4.60. The largest absolute Gasteiger partial charge is 0.302 e. The standard InChI is InChI=1S/C21H20Cl2FN5O2S/c1-12(2)10-29-19(16-8-5-14(22)9-17(16)23)26-28-21(29)32-11-18(30)25-27-20(31)13-3-6-15(24)7-4-13/h3-9,12H,10-11H2,1-2H3,(H,25,30)(H,27,31). The van der Waals surface area contributed by atoms with Gasteiger partial charge in [-0.2, -0.15) is 0 Å². The van der Waals surface area contributed by atoms with E-state index in [4.69, 9.17) is 23.2 Å². The van der Waals surface area contributed by atoms with Gasteiger partial charge in [0.2, 0.25) is 5.91 Å². The molecule has 11 heteroatoms. The number of halogens is 3. The zero-order valence-electron chi connectivity index (χ0n) is 17.2. The van der Waals surface area contributed by atoms with Gasteiger partial charge in [0.25, 0.3) is 5.91 Å². The van der Waals surface area contributed by atoms with Crippen LogP contribution < -0.4 is 10.9 Å². The molecule has 0 spiro atoms. The van der Waals surface area contributed by atoms with Crippen molar-refractivity contribution < 1.29 is 14.0 Å². The van der Waals surface area contributed by atoms with E-state index in [2.05, 4.69) is 34.9 Å². The van der Waals surface area contributed by atoms with E-state index in [1.807, 2.05) is 4.57 Å². The Morgan fingerprint density at radius 2 is 1.81 bits per heavy atom. The first-order valence-electron chi connectivity index (χ1n) is 9.60. The number of nitrogens with zero attached hydrogens (tertiary/aromatic N) is 3. The predicted molar refractivity (Wildman–Crippen MR) is 123 cm³/mol. The number of carbonyl (C=O) groups excluding carboxylic acids is 2. The summed E-state index contributed by atoms with van der Waals surface area (Å²) in [5, 5.41) is 9.98. The number of benzene rings is 2. The molecule has 0 aliphatic rings. The van der Waals surface area contributed by atoms with Crippen molar-refractivity contribution in [2.45, 2.75) is 25.5 Å². The van der Waals surface area contributed by atoms with E-state index >= 15 is 0 Å². The van der Waals surface area contributed by atoms with E-state index in [0.29, 0.717) is 39.1 Å². The summed E-state index contributed by atoms with van der Waals surface area (Å²) < 4.78 is 14.9. The van der Waals surface area contributed by atoms with Gasteiger partial charge in [-0.3, -0.25) is 20.4 Å². The van der Waals surface area contributed by atoms with Crippen LogP contribution in [0.4, 0.5) is 4.39 Å². The maximum Gasteiger partial charge on any atom is 0.269 e. The van der Waals surface area contributed by atoms with E-state index in [-0.39, 0.29) is 11.3 Å². The number of hydrazine groups is 1. The molecule has 3 aromatic rings. The molecule has 32 heavy (non-hydrogen) atoms. The second-order valence-electron chi connectivity index (χ2n) is 7.23. The van der Waals surface area contributed by atoms with Crippen LogP contribution in [0.5, 0.6) is 0 Å². The molecule has 0 bridgehead atoms. The van der Waals surface area contributed by atoms with Crippen molar-refractivity contribution in [1.29, 1.82) is 0 Å². The molecule has 0 fully saturated rings. The Hall–Kier alpha value is -2.62. The van der Waals surface area contributed by atoms with Crippen LogP contribution >= 0.6 is 35.0 Å². The number of nitrogens with one attached hydrogen (secondary N) is 2. The number of hydrogen-bond donors (Lipinski definition) is 2. The first-order valence-corrected chi connectivity index (χ1v) is 11.3. The zero-order chi connectivity index (χ0) is 23.3. The van der Waals surface area contributed by atoms with Crippen LogP contribution in [0.1, 0.15) is 24.2 Å². The third kappa shape index (κ3) is 6.21. The molecule has 3 rings (SSSR count). The first kappa shape index (κ1) is 24.0. The minimum atomic E-state index is -0.550. The van der Waals surface area contributed by atoms with Gasteiger partial charge in [-0.1, -0.05) is 48.8 Å². The highest BCUT2D eigenvalue weighted by atomic mass is 35.5. The summed E-state index contributed by atoms with van der Waals surface area (Å²) in [6, 6.07) is 10.1. The molecule has 0 aliphatic carbocycles. The van der Waals surface area contributed by atoms with Gasteiger partial charge in [0.05, 0.1) is 10.8 Å². The lowest BCUT2D eigenvalue weighted by molar-refractivity contribution is -0.119. The summed E-state index contributed by atoms with van der Waals surface area (Å²) in [4.78, 5) is 24.2. The Balaban J connectivity index is 1.66. The summed E-state index contributed by atoms with van der Waals surface area (Å²) in [5.41, 5.74) is 5.54. The normalized spacial score (nSPS) is 10.9. The van der Waals surface area contributed by atoms with E-state index < -0.39 is 17.6 Å². The van der Waals surface area contributed by atoms with Crippen LogP contribution in [0.2, 0.25) is 10.0 Å². The van der Waals surface area contributed by atoms with Crippen LogP contribution in [0.15, 0.2) is 47.6 Å². The van der Waals surface area contributed by atoms with E-state index in [0.717, 1.165) is 0 Å². The van der Waals surface area contributed by atoms with Gasteiger partial charge in [0, 0.05) is 22.7 Å². The fourth-order valence-corrected chi connectivity index (χ4v) is 4.00. The Labute approximate surface area is 198 Å². The van der Waals surface area contributed by atoms with E-state index in [9.17, 15) is 14.0 Å². The third-order valence-electron chi connectivity index (χ3n) is 4.19. The Morgan fingerprint density at radius 1 is 1.09 bits per heavy atom. The van der Waals surface area contributed by atoms with Gasteiger partial charge >= 0.3 is 0 Å². The van der Waals surface area contributed by atoms with Crippen LogP contribution in [-0.2, 0) is 11.3 Å². The van der Waals surface area contributed by atoms with E-state index in [1.54, 1.807) is 18.2 Å². The maximum absolute atomic E-state index is 13.0. The van der Waals surface area contributed by atoms with Gasteiger partial charge in [-0.25, -0.2) is 4.39 Å². The van der Waals surface area contributed by atoms with Gasteiger partial charge in [-0.05, 0) is 48.4 Å². The molecule has 2 amide bonds. The highest BCUT2D eigenvalue weighted by Crippen LogP contribution is 2.31. The molecular weight excluding hydrogens is 476 g/mol. The number of rotatable bonds is 7. The molecule has 0 unspecified atom stereocenters. The molecule has 0 aliphatic heterocycles. The van der Waals surface area contributed by atoms with Crippen molar-refractivity contribution in [3.8, 4) is 11.4 Å². The average Bonchev–Trinajstić information content (AvgIpc) is 3.12. The highest BCUT2D eigenvalue weighted by Gasteiger charge is 2.19. The lowest BCUT2D eigenvalue weighted by atomic mass is 10.2. The quantitative estimate of drug-likeness (QED) is 0.369. The smallest absolute Gasteiger partial charge is 0.269 e. The lowest BCUT2D eigenvalue weighted by Crippen LogP contribution is -2.42. The van der Waals surface area contributed by atoms with Crippen molar-refractivity contribution in [2.24, 2.45) is 5.92 Å². The van der Waals surface area contributed by atoms with Crippen LogP contribution in [0.25, 0.3) is 11.4 Å². The van der Waals surface area contributed by atoms with E-state index in [1.165, 1.54) is 36.0 Å². The average molecular weight is 496 g/mol. The summed E-state index contributed by atoms with van der Waals surface area (Å²) in [7, 11) is 0. The van der Waals surface area contributed by atoms with Crippen LogP contribution in [0.3, 0.4) is 0 Å². The van der Waals surface area contributed by atoms with Crippen molar-refractivity contribution >= 4 is 46.8 Å². The lowest BCUT2D eigenvalue weighted by Gasteiger charge is -2.13. The van der Waals surface area contributed by atoms with Gasteiger partial charge < -0.3 is 4.57 Å². The molecule has 1 heterocycles. The molecule has 0 atom stereocenters. The number of hydrogen-bond acceptors (Lipinski definition) is 5. The van der Waals surface area contributed by atoms with Crippen molar-refractivity contribution in [1.82, 2.24) is 25.6 Å². The second kappa shape index (κ2) is 10.8. The number of amides is 2. The third-order valence-corrected chi connectivity index (χ3v) is 5.71. The maximum atomic E-state index is 13.0. The minimum Gasteiger partial charge on any atom is -0.302 e. The molecule has 2 aromatic carbocycles. The van der Waals surface area contributed by atoms with Crippen LogP contribution in [0, 0.1) is 11.7 Å². The van der Waals surface area contributed by atoms with Crippen molar-refractivity contribution in [3.63, 3.8) is 0 Å². The second-order valence-corrected chi connectivity index (χ2v) is 9.02. The summed E-state index contributed by atoms with van der Waals surface area (Å²) in [6.07, 6.45) is 0. The Bertz CT molecular complexity index is 1120. The SMILES string of the molecule is CC(C)Cn1c(SCC(=O)NNC(=O)c2ccc(F)cc2)nnc1-c1ccc(Cl)cc1Cl. The molecule has 2 N–H and O–H groups in total. The number of aromatic nitrogens is 3. The monoisotopic (exact) mass is 495 g/mol. The first-order chi connectivity index (χ1) is 15.2. The van der Waals surface area contributed by atoms with Crippen LogP contribution in [-0.4, -0.2) is 32.3 Å². The van der Waals surface area contributed by atoms with Gasteiger partial charge in [0.15, 0.2) is 11.0 Å². The Kier molecular flexibility index (Phi) is 8.11. The fourth-order valence-electron chi connectivity index (χ4n) is 2.76. The molecule has 0 saturated heterocycles. The van der Waals surface area contributed by atoms with Gasteiger partial charge in [0.1, 0.15) is 5.82 Å². The Morgan fingerprint density at radius 3 is 2.47 bits per heavy atom. The molecule has 7 nitrogen and oxygen atoms in total. The zero-order valence-corrected chi connectivity index (χ0v) is 19.6. The molecule has 0 radical (unpaired) electrons. The molecular formula is C21H20Cl2FN5O2S.